The number of aromatic nitrogens is 2. The molecular formula is C17H25N3O3. The highest BCUT2D eigenvalue weighted by molar-refractivity contribution is 5.24. The zero-order chi connectivity index (χ0) is 16.9. The molecule has 1 aromatic carbocycles. The lowest BCUT2D eigenvalue weighted by atomic mass is 9.98. The molecule has 1 heterocycles. The number of hydrogen-bond acceptors (Lipinski definition) is 6. The summed E-state index contributed by atoms with van der Waals surface area (Å²) >= 11 is 0. The third-order valence-electron chi connectivity index (χ3n) is 3.73. The Morgan fingerprint density at radius 1 is 1.39 bits per heavy atom. The summed E-state index contributed by atoms with van der Waals surface area (Å²) in [6.07, 6.45) is 1.97. The molecule has 0 saturated heterocycles. The van der Waals surface area contributed by atoms with Crippen LogP contribution in [0.2, 0.25) is 0 Å². The maximum atomic E-state index is 10.1. The maximum Gasteiger partial charge on any atom is 0.414 e. The van der Waals surface area contributed by atoms with Crippen molar-refractivity contribution in [2.45, 2.75) is 45.8 Å². The fourth-order valence-electron chi connectivity index (χ4n) is 2.36. The minimum atomic E-state index is -1.40. The molecule has 6 heteroatoms. The summed E-state index contributed by atoms with van der Waals surface area (Å²) in [5, 5.41) is 17.9. The molecule has 0 saturated carbocycles. The zero-order valence-electron chi connectivity index (χ0n) is 14.0. The van der Waals surface area contributed by atoms with Gasteiger partial charge in [-0.25, -0.2) is 0 Å². The topological polar surface area (TPSA) is 94.4 Å². The van der Waals surface area contributed by atoms with Gasteiger partial charge in [-0.15, -0.1) is 5.10 Å². The highest BCUT2D eigenvalue weighted by Gasteiger charge is 2.25. The van der Waals surface area contributed by atoms with E-state index in [1.165, 1.54) is 5.56 Å². The third kappa shape index (κ3) is 5.65. The van der Waals surface area contributed by atoms with Gasteiger partial charge in [0.05, 0.1) is 6.42 Å². The Hall–Kier alpha value is -1.92. The summed E-state index contributed by atoms with van der Waals surface area (Å²) in [6.45, 7) is 6.04. The van der Waals surface area contributed by atoms with Crippen LogP contribution in [0.4, 0.5) is 0 Å². The van der Waals surface area contributed by atoms with E-state index in [2.05, 4.69) is 23.2 Å². The number of hydrogen-bond donors (Lipinski definition) is 2. The van der Waals surface area contributed by atoms with Gasteiger partial charge in [-0.1, -0.05) is 55.2 Å². The molecule has 2 aromatic rings. The molecule has 1 aromatic heterocycles. The first-order valence-corrected chi connectivity index (χ1v) is 7.90. The van der Waals surface area contributed by atoms with E-state index in [-0.39, 0.29) is 12.7 Å². The van der Waals surface area contributed by atoms with Crippen LogP contribution in [0, 0.1) is 12.8 Å². The molecule has 126 valence electrons. The molecule has 0 radical (unpaired) electrons. The van der Waals surface area contributed by atoms with Crippen molar-refractivity contribution in [3.05, 3.63) is 41.3 Å². The van der Waals surface area contributed by atoms with Gasteiger partial charge in [0, 0.05) is 0 Å². The summed E-state index contributed by atoms with van der Waals surface area (Å²) in [7, 11) is 0. The average Bonchev–Trinajstić information content (AvgIpc) is 2.92. The summed E-state index contributed by atoms with van der Waals surface area (Å²) < 4.78 is 10.8. The fraction of sp³-hybridized carbons (Fsp3) is 0.529. The first-order chi connectivity index (χ1) is 10.9. The quantitative estimate of drug-likeness (QED) is 0.726. The molecule has 0 aliphatic heterocycles. The van der Waals surface area contributed by atoms with Crippen molar-refractivity contribution in [2.24, 2.45) is 11.7 Å². The van der Waals surface area contributed by atoms with Gasteiger partial charge in [0.2, 0.25) is 5.89 Å². The van der Waals surface area contributed by atoms with Gasteiger partial charge < -0.3 is 20.0 Å². The molecule has 2 unspecified atom stereocenters. The smallest absolute Gasteiger partial charge is 0.414 e. The van der Waals surface area contributed by atoms with Crippen LogP contribution in [0.5, 0.6) is 6.08 Å². The van der Waals surface area contributed by atoms with E-state index in [1.807, 2.05) is 32.0 Å². The van der Waals surface area contributed by atoms with Gasteiger partial charge in [0.15, 0.2) is 0 Å². The standard InChI is InChI=1S/C17H25N3O3/c1-4-12(2)10-17(18,21)11-22-16-20-19-15(23-16)9-14-7-5-6-13(3)8-14/h5-8,12,21H,4,9-11,18H2,1-3H3. The summed E-state index contributed by atoms with van der Waals surface area (Å²) in [5.74, 6) is 0.779. The second-order valence-electron chi connectivity index (χ2n) is 6.24. The highest BCUT2D eigenvalue weighted by atomic mass is 16.6. The van der Waals surface area contributed by atoms with Crippen molar-refractivity contribution in [2.75, 3.05) is 6.61 Å². The Balaban J connectivity index is 1.89. The fourth-order valence-corrected chi connectivity index (χ4v) is 2.36. The number of ether oxygens (including phenoxy) is 1. The number of aliphatic hydroxyl groups is 1. The Kier molecular flexibility index (Phi) is 5.74. The second-order valence-corrected chi connectivity index (χ2v) is 6.24. The second kappa shape index (κ2) is 7.57. The summed E-state index contributed by atoms with van der Waals surface area (Å²) in [5.41, 5.74) is 6.69. The van der Waals surface area contributed by atoms with E-state index in [1.54, 1.807) is 0 Å². The normalized spacial score (nSPS) is 15.2. The van der Waals surface area contributed by atoms with E-state index in [4.69, 9.17) is 14.9 Å². The Labute approximate surface area is 136 Å². The monoisotopic (exact) mass is 319 g/mol. The molecule has 0 aliphatic rings. The molecule has 0 spiro atoms. The van der Waals surface area contributed by atoms with Gasteiger partial charge in [-0.2, -0.15) is 0 Å². The number of nitrogens with zero attached hydrogens (tertiary/aromatic N) is 2. The van der Waals surface area contributed by atoms with E-state index in [9.17, 15) is 5.11 Å². The van der Waals surface area contributed by atoms with Gasteiger partial charge in [0.25, 0.3) is 0 Å². The first kappa shape index (κ1) is 17.4. The van der Waals surface area contributed by atoms with Crippen LogP contribution in [0.3, 0.4) is 0 Å². The van der Waals surface area contributed by atoms with Crippen molar-refractivity contribution < 1.29 is 14.3 Å². The van der Waals surface area contributed by atoms with Crippen LogP contribution >= 0.6 is 0 Å². The predicted molar refractivity (Wildman–Crippen MR) is 87.0 cm³/mol. The van der Waals surface area contributed by atoms with E-state index in [0.717, 1.165) is 12.0 Å². The number of rotatable bonds is 8. The Bertz CT molecular complexity index is 625. The number of aryl methyl sites for hydroxylation is 1. The van der Waals surface area contributed by atoms with Gasteiger partial charge in [-0.05, 0) is 24.8 Å². The molecule has 2 atom stereocenters. The lowest BCUT2D eigenvalue weighted by molar-refractivity contribution is -0.0260. The first-order valence-electron chi connectivity index (χ1n) is 7.90. The highest BCUT2D eigenvalue weighted by Crippen LogP contribution is 2.18. The van der Waals surface area contributed by atoms with Crippen LogP contribution in [0.25, 0.3) is 0 Å². The lowest BCUT2D eigenvalue weighted by Gasteiger charge is -2.24. The molecule has 23 heavy (non-hydrogen) atoms. The van der Waals surface area contributed by atoms with Crippen LogP contribution in [-0.2, 0) is 6.42 Å². The number of benzene rings is 1. The third-order valence-corrected chi connectivity index (χ3v) is 3.73. The van der Waals surface area contributed by atoms with E-state index >= 15 is 0 Å². The largest absolute Gasteiger partial charge is 0.445 e. The van der Waals surface area contributed by atoms with Crippen LogP contribution in [0.15, 0.2) is 28.7 Å². The average molecular weight is 319 g/mol. The Morgan fingerprint density at radius 3 is 2.87 bits per heavy atom. The molecule has 0 fully saturated rings. The molecule has 0 aliphatic carbocycles. The number of nitrogens with two attached hydrogens (primary N) is 1. The van der Waals surface area contributed by atoms with Crippen molar-refractivity contribution in [3.63, 3.8) is 0 Å². The van der Waals surface area contributed by atoms with Crippen molar-refractivity contribution in [1.29, 1.82) is 0 Å². The molecule has 3 N–H and O–H groups in total. The van der Waals surface area contributed by atoms with E-state index in [0.29, 0.717) is 24.7 Å². The summed E-state index contributed by atoms with van der Waals surface area (Å²) in [6, 6.07) is 8.09. The zero-order valence-corrected chi connectivity index (χ0v) is 14.0. The van der Waals surface area contributed by atoms with Crippen molar-refractivity contribution in [3.8, 4) is 6.08 Å². The van der Waals surface area contributed by atoms with Crippen LogP contribution in [0.1, 0.15) is 43.7 Å². The maximum absolute atomic E-state index is 10.1. The van der Waals surface area contributed by atoms with Gasteiger partial charge in [0.1, 0.15) is 12.3 Å². The van der Waals surface area contributed by atoms with E-state index < -0.39 is 5.72 Å². The van der Waals surface area contributed by atoms with Gasteiger partial charge >= 0.3 is 6.08 Å². The lowest BCUT2D eigenvalue weighted by Crippen LogP contribution is -2.46. The molecule has 6 nitrogen and oxygen atoms in total. The van der Waals surface area contributed by atoms with Crippen LogP contribution < -0.4 is 10.5 Å². The minimum Gasteiger partial charge on any atom is -0.445 e. The van der Waals surface area contributed by atoms with Gasteiger partial charge in [-0.3, -0.25) is 0 Å². The minimum absolute atomic E-state index is 0.0284. The predicted octanol–water partition coefficient (Wildman–Crippen LogP) is 2.43. The molecule has 2 rings (SSSR count). The van der Waals surface area contributed by atoms with Crippen molar-refractivity contribution >= 4 is 0 Å². The summed E-state index contributed by atoms with van der Waals surface area (Å²) in [4.78, 5) is 0. The molecule has 0 bridgehead atoms. The SMILES string of the molecule is CCC(C)CC(N)(O)COc1nnc(Cc2cccc(C)c2)o1. The molecular weight excluding hydrogens is 294 g/mol. The molecule has 0 amide bonds. The van der Waals surface area contributed by atoms with Crippen molar-refractivity contribution in [1.82, 2.24) is 10.2 Å². The van der Waals surface area contributed by atoms with Crippen LogP contribution in [-0.4, -0.2) is 27.6 Å². The Morgan fingerprint density at radius 2 is 2.17 bits per heavy atom.